The minimum atomic E-state index is -0.651. The second kappa shape index (κ2) is 5.54. The Bertz CT molecular complexity index is 816. The van der Waals surface area contributed by atoms with Gasteiger partial charge < -0.3 is 4.74 Å². The Labute approximate surface area is 124 Å². The summed E-state index contributed by atoms with van der Waals surface area (Å²) in [5, 5.41) is 0.0553. The molecule has 0 unspecified atom stereocenters. The molecule has 0 bridgehead atoms. The van der Waals surface area contributed by atoms with Crippen molar-refractivity contribution < 1.29 is 13.9 Å². The van der Waals surface area contributed by atoms with Crippen molar-refractivity contribution in [2.75, 3.05) is 0 Å². The van der Waals surface area contributed by atoms with Gasteiger partial charge in [-0.05, 0) is 18.2 Å². The Balaban J connectivity index is 1.85. The highest BCUT2D eigenvalue weighted by atomic mass is 35.5. The van der Waals surface area contributed by atoms with Crippen LogP contribution in [0, 0.1) is 5.82 Å². The van der Waals surface area contributed by atoms with Crippen molar-refractivity contribution in [1.82, 2.24) is 9.38 Å². The van der Waals surface area contributed by atoms with E-state index in [1.165, 1.54) is 10.5 Å². The summed E-state index contributed by atoms with van der Waals surface area (Å²) >= 11 is 5.97. The number of rotatable bonds is 3. The minimum Gasteiger partial charge on any atom is -0.456 e. The molecule has 2 heterocycles. The number of hydrogen-bond donors (Lipinski definition) is 0. The standard InChI is InChI=1S/C15H10ClFN2O2/c16-14-13(19-8-4-3-7-12(19)18-14)15(20)21-9-10-5-1-2-6-11(10)17/h1-8H,9H2. The van der Waals surface area contributed by atoms with Gasteiger partial charge >= 0.3 is 5.97 Å². The summed E-state index contributed by atoms with van der Waals surface area (Å²) in [7, 11) is 0. The van der Waals surface area contributed by atoms with Gasteiger partial charge in [-0.2, -0.15) is 0 Å². The maximum atomic E-state index is 13.5. The Kier molecular flexibility index (Phi) is 3.58. The van der Waals surface area contributed by atoms with Gasteiger partial charge in [0.25, 0.3) is 0 Å². The summed E-state index contributed by atoms with van der Waals surface area (Å²) in [4.78, 5) is 16.2. The molecular weight excluding hydrogens is 295 g/mol. The average Bonchev–Trinajstić information content (AvgIpc) is 2.82. The molecule has 0 N–H and O–H groups in total. The summed E-state index contributed by atoms with van der Waals surface area (Å²) in [5.74, 6) is -1.07. The minimum absolute atomic E-state index is 0.0553. The number of benzene rings is 1. The fourth-order valence-electron chi connectivity index (χ4n) is 1.98. The number of nitrogens with zero attached hydrogens (tertiary/aromatic N) is 2. The zero-order valence-electron chi connectivity index (χ0n) is 10.8. The first kappa shape index (κ1) is 13.6. The lowest BCUT2D eigenvalue weighted by Crippen LogP contribution is -2.09. The first-order valence-corrected chi connectivity index (χ1v) is 6.58. The number of ether oxygens (including phenoxy) is 1. The van der Waals surface area contributed by atoms with E-state index in [4.69, 9.17) is 16.3 Å². The fourth-order valence-corrected chi connectivity index (χ4v) is 2.23. The van der Waals surface area contributed by atoms with Crippen LogP contribution in [0.2, 0.25) is 5.15 Å². The Morgan fingerprint density at radius 3 is 2.81 bits per heavy atom. The van der Waals surface area contributed by atoms with Gasteiger partial charge in [-0.3, -0.25) is 4.40 Å². The quantitative estimate of drug-likeness (QED) is 0.696. The highest BCUT2D eigenvalue weighted by molar-refractivity contribution is 6.32. The number of pyridine rings is 1. The molecule has 6 heteroatoms. The molecular formula is C15H10ClFN2O2. The Hall–Kier alpha value is -2.40. The molecule has 21 heavy (non-hydrogen) atoms. The van der Waals surface area contributed by atoms with Gasteiger partial charge in [0.05, 0.1) is 0 Å². The Morgan fingerprint density at radius 2 is 2.00 bits per heavy atom. The smallest absolute Gasteiger partial charge is 0.358 e. The van der Waals surface area contributed by atoms with Crippen LogP contribution in [0.4, 0.5) is 4.39 Å². The number of carbonyl (C=O) groups is 1. The highest BCUT2D eigenvalue weighted by Gasteiger charge is 2.19. The second-order valence-corrected chi connectivity index (χ2v) is 4.71. The Morgan fingerprint density at radius 1 is 1.24 bits per heavy atom. The first-order valence-electron chi connectivity index (χ1n) is 6.20. The molecule has 0 aliphatic rings. The van der Waals surface area contributed by atoms with E-state index in [9.17, 15) is 9.18 Å². The van der Waals surface area contributed by atoms with Crippen molar-refractivity contribution >= 4 is 23.2 Å². The average molecular weight is 305 g/mol. The third-order valence-corrected chi connectivity index (χ3v) is 3.26. The van der Waals surface area contributed by atoms with Crippen LogP contribution in [0.25, 0.3) is 5.65 Å². The first-order chi connectivity index (χ1) is 10.2. The monoisotopic (exact) mass is 304 g/mol. The highest BCUT2D eigenvalue weighted by Crippen LogP contribution is 2.19. The lowest BCUT2D eigenvalue weighted by atomic mass is 10.2. The van der Waals surface area contributed by atoms with Gasteiger partial charge in [0.2, 0.25) is 0 Å². The summed E-state index contributed by atoms with van der Waals surface area (Å²) in [6.07, 6.45) is 1.66. The van der Waals surface area contributed by atoms with E-state index in [2.05, 4.69) is 4.98 Å². The van der Waals surface area contributed by atoms with Crippen LogP contribution in [0.1, 0.15) is 16.1 Å². The third-order valence-electron chi connectivity index (χ3n) is 3.00. The summed E-state index contributed by atoms with van der Waals surface area (Å²) in [5.41, 5.74) is 0.972. The van der Waals surface area contributed by atoms with E-state index in [0.29, 0.717) is 11.2 Å². The number of carbonyl (C=O) groups excluding carboxylic acids is 1. The van der Waals surface area contributed by atoms with Crippen molar-refractivity contribution in [1.29, 1.82) is 0 Å². The van der Waals surface area contributed by atoms with Crippen LogP contribution in [-0.4, -0.2) is 15.4 Å². The molecule has 3 aromatic rings. The summed E-state index contributed by atoms with van der Waals surface area (Å²) in [6.45, 7) is -0.165. The molecule has 0 radical (unpaired) electrons. The number of aromatic nitrogens is 2. The maximum absolute atomic E-state index is 13.5. The number of halogens is 2. The molecule has 0 aliphatic heterocycles. The lowest BCUT2D eigenvalue weighted by Gasteiger charge is -2.06. The number of esters is 1. The van der Waals surface area contributed by atoms with Crippen LogP contribution in [0.15, 0.2) is 48.7 Å². The molecule has 0 saturated carbocycles. The van der Waals surface area contributed by atoms with Gasteiger partial charge in [0.15, 0.2) is 10.8 Å². The predicted molar refractivity (Wildman–Crippen MR) is 75.7 cm³/mol. The van der Waals surface area contributed by atoms with Crippen LogP contribution >= 0.6 is 11.6 Å². The third kappa shape index (κ3) is 2.60. The molecule has 4 nitrogen and oxygen atoms in total. The molecule has 0 atom stereocenters. The maximum Gasteiger partial charge on any atom is 0.358 e. The largest absolute Gasteiger partial charge is 0.456 e. The topological polar surface area (TPSA) is 43.6 Å². The molecule has 0 amide bonds. The van der Waals surface area contributed by atoms with Crippen molar-refractivity contribution in [3.8, 4) is 0 Å². The van der Waals surface area contributed by atoms with E-state index >= 15 is 0 Å². The normalized spacial score (nSPS) is 10.8. The predicted octanol–water partition coefficient (Wildman–Crippen LogP) is 3.48. The van der Waals surface area contributed by atoms with Crippen LogP contribution in [-0.2, 0) is 11.3 Å². The summed E-state index contributed by atoms with van der Waals surface area (Å²) < 4.78 is 20.1. The van der Waals surface area contributed by atoms with Crippen LogP contribution in [0.5, 0.6) is 0 Å². The number of hydrogen-bond acceptors (Lipinski definition) is 3. The molecule has 0 aliphatic carbocycles. The zero-order valence-corrected chi connectivity index (χ0v) is 11.5. The van der Waals surface area contributed by atoms with Crippen LogP contribution < -0.4 is 0 Å². The molecule has 0 saturated heterocycles. The lowest BCUT2D eigenvalue weighted by molar-refractivity contribution is 0.0461. The van der Waals surface area contributed by atoms with Gasteiger partial charge in [-0.25, -0.2) is 14.2 Å². The molecule has 2 aromatic heterocycles. The molecule has 0 fully saturated rings. The van der Waals surface area contributed by atoms with Gasteiger partial charge in [-0.1, -0.05) is 35.9 Å². The summed E-state index contributed by atoms with van der Waals surface area (Å²) in [6, 6.07) is 11.4. The van der Waals surface area contributed by atoms with Gasteiger partial charge in [0, 0.05) is 11.8 Å². The van der Waals surface area contributed by atoms with E-state index in [1.807, 2.05) is 0 Å². The zero-order chi connectivity index (χ0) is 14.8. The van der Waals surface area contributed by atoms with Crippen molar-refractivity contribution in [2.24, 2.45) is 0 Å². The molecule has 1 aromatic carbocycles. The van der Waals surface area contributed by atoms with Crippen molar-refractivity contribution in [3.63, 3.8) is 0 Å². The van der Waals surface area contributed by atoms with Crippen molar-refractivity contribution in [3.05, 3.63) is 70.9 Å². The number of imidazole rings is 1. The second-order valence-electron chi connectivity index (χ2n) is 4.35. The molecule has 3 rings (SSSR count). The van der Waals surface area contributed by atoms with Crippen molar-refractivity contribution in [2.45, 2.75) is 6.61 Å². The fraction of sp³-hybridized carbons (Fsp3) is 0.0667. The SMILES string of the molecule is O=C(OCc1ccccc1F)c1c(Cl)nc2ccccn12. The van der Waals surface area contributed by atoms with Gasteiger partial charge in [0.1, 0.15) is 18.1 Å². The van der Waals surface area contributed by atoms with E-state index in [1.54, 1.807) is 42.6 Å². The van der Waals surface area contributed by atoms with E-state index in [-0.39, 0.29) is 17.5 Å². The molecule has 0 spiro atoms. The van der Waals surface area contributed by atoms with E-state index in [0.717, 1.165) is 0 Å². The number of fused-ring (bicyclic) bond motifs is 1. The van der Waals surface area contributed by atoms with Gasteiger partial charge in [-0.15, -0.1) is 0 Å². The van der Waals surface area contributed by atoms with Crippen LogP contribution in [0.3, 0.4) is 0 Å². The molecule has 106 valence electrons. The van der Waals surface area contributed by atoms with E-state index < -0.39 is 11.8 Å².